The van der Waals surface area contributed by atoms with E-state index in [0.29, 0.717) is 21.7 Å². The number of hydrogen-bond acceptors (Lipinski definition) is 4. The van der Waals surface area contributed by atoms with Gasteiger partial charge in [0.2, 0.25) is 10.0 Å². The highest BCUT2D eigenvalue weighted by Crippen LogP contribution is 2.46. The molecule has 0 bridgehead atoms. The van der Waals surface area contributed by atoms with Crippen LogP contribution in [0.25, 0.3) is 0 Å². The lowest BCUT2D eigenvalue weighted by Gasteiger charge is -2.46. The first kappa shape index (κ1) is 13.9. The Bertz CT molecular complexity index is 636. The molecule has 5 nitrogen and oxygen atoms in total. The second-order valence-corrected chi connectivity index (χ2v) is 8.01. The molecule has 2 aliphatic rings. The van der Waals surface area contributed by atoms with Crippen molar-refractivity contribution in [2.45, 2.75) is 37.2 Å². The summed E-state index contributed by atoms with van der Waals surface area (Å²) in [6.07, 6.45) is 2.01. The van der Waals surface area contributed by atoms with Crippen molar-refractivity contribution in [2.75, 3.05) is 18.8 Å². The van der Waals surface area contributed by atoms with Gasteiger partial charge in [-0.15, -0.1) is 0 Å². The Morgan fingerprint density at radius 1 is 1.25 bits per heavy atom. The lowest BCUT2D eigenvalue weighted by molar-refractivity contribution is -0.0765. The summed E-state index contributed by atoms with van der Waals surface area (Å²) in [7, 11) is -3.54. The Kier molecular flexibility index (Phi) is 2.90. The van der Waals surface area contributed by atoms with Crippen molar-refractivity contribution in [3.63, 3.8) is 0 Å². The van der Waals surface area contributed by atoms with E-state index in [0.717, 1.165) is 12.8 Å². The number of rotatable bonds is 3. The van der Waals surface area contributed by atoms with Crippen molar-refractivity contribution < 1.29 is 13.5 Å². The van der Waals surface area contributed by atoms with E-state index in [1.54, 1.807) is 26.0 Å². The highest BCUT2D eigenvalue weighted by molar-refractivity contribution is 7.89. The van der Waals surface area contributed by atoms with Gasteiger partial charge in [-0.2, -0.15) is 4.31 Å². The van der Waals surface area contributed by atoms with Crippen molar-refractivity contribution in [1.29, 1.82) is 0 Å². The van der Waals surface area contributed by atoms with Crippen LogP contribution in [-0.4, -0.2) is 36.5 Å². The molecule has 0 aromatic heterocycles. The molecule has 0 spiro atoms. The van der Waals surface area contributed by atoms with Gasteiger partial charge in [0.15, 0.2) is 0 Å². The maximum absolute atomic E-state index is 12.7. The molecule has 6 heteroatoms. The predicted molar refractivity (Wildman–Crippen MR) is 76.8 cm³/mol. The summed E-state index contributed by atoms with van der Waals surface area (Å²) in [4.78, 5) is 0.324. The van der Waals surface area contributed by atoms with E-state index >= 15 is 0 Å². The van der Waals surface area contributed by atoms with Crippen LogP contribution >= 0.6 is 0 Å². The Morgan fingerprint density at radius 3 is 2.20 bits per heavy atom. The van der Waals surface area contributed by atoms with Crippen molar-refractivity contribution in [2.24, 2.45) is 5.92 Å². The SMILES string of the molecule is Cc1cc(N)cc(C)c1S(=O)(=O)N1CC(O)(C2CC2)C1. The van der Waals surface area contributed by atoms with Gasteiger partial charge < -0.3 is 10.8 Å². The molecule has 1 saturated carbocycles. The molecule has 110 valence electrons. The molecule has 0 atom stereocenters. The van der Waals surface area contributed by atoms with E-state index in [1.165, 1.54) is 4.31 Å². The number of aryl methyl sites for hydroxylation is 2. The van der Waals surface area contributed by atoms with E-state index < -0.39 is 15.6 Å². The molecule has 2 fully saturated rings. The zero-order valence-corrected chi connectivity index (χ0v) is 12.6. The number of nitrogens with zero attached hydrogens (tertiary/aromatic N) is 1. The van der Waals surface area contributed by atoms with Gasteiger partial charge in [-0.05, 0) is 55.9 Å². The fourth-order valence-corrected chi connectivity index (χ4v) is 5.11. The van der Waals surface area contributed by atoms with Crippen LogP contribution in [-0.2, 0) is 10.0 Å². The predicted octanol–water partition coefficient (Wildman–Crippen LogP) is 1.03. The van der Waals surface area contributed by atoms with Gasteiger partial charge in [-0.25, -0.2) is 8.42 Å². The number of anilines is 1. The maximum atomic E-state index is 12.7. The highest BCUT2D eigenvalue weighted by Gasteiger charge is 2.55. The van der Waals surface area contributed by atoms with E-state index in [2.05, 4.69) is 0 Å². The minimum absolute atomic E-state index is 0.212. The van der Waals surface area contributed by atoms with E-state index in [4.69, 9.17) is 5.73 Å². The highest BCUT2D eigenvalue weighted by atomic mass is 32.2. The lowest BCUT2D eigenvalue weighted by Crippen LogP contribution is -2.64. The number of hydrogen-bond donors (Lipinski definition) is 2. The molecule has 0 unspecified atom stereocenters. The topological polar surface area (TPSA) is 83.6 Å². The van der Waals surface area contributed by atoms with Crippen LogP contribution in [0.4, 0.5) is 5.69 Å². The van der Waals surface area contributed by atoms with Crippen LogP contribution in [0.2, 0.25) is 0 Å². The fourth-order valence-electron chi connectivity index (χ4n) is 3.13. The second kappa shape index (κ2) is 4.19. The van der Waals surface area contributed by atoms with E-state index in [1.807, 2.05) is 0 Å². The van der Waals surface area contributed by atoms with Crippen LogP contribution < -0.4 is 5.73 Å². The number of aliphatic hydroxyl groups is 1. The largest absolute Gasteiger partial charge is 0.399 e. The van der Waals surface area contributed by atoms with Crippen molar-refractivity contribution in [3.8, 4) is 0 Å². The average Bonchev–Trinajstić information content (AvgIpc) is 3.06. The summed E-state index contributed by atoms with van der Waals surface area (Å²) in [5.74, 6) is 0.280. The van der Waals surface area contributed by atoms with Crippen molar-refractivity contribution in [3.05, 3.63) is 23.3 Å². The summed E-state index contributed by atoms with van der Waals surface area (Å²) < 4.78 is 26.7. The van der Waals surface area contributed by atoms with Gasteiger partial charge in [-0.3, -0.25) is 0 Å². The van der Waals surface area contributed by atoms with Crippen molar-refractivity contribution in [1.82, 2.24) is 4.31 Å². The smallest absolute Gasteiger partial charge is 0.243 e. The zero-order chi connectivity index (χ0) is 14.7. The van der Waals surface area contributed by atoms with Gasteiger partial charge in [0.1, 0.15) is 0 Å². The number of nitrogens with two attached hydrogens (primary N) is 1. The minimum atomic E-state index is -3.54. The zero-order valence-electron chi connectivity index (χ0n) is 11.8. The third-order valence-corrected chi connectivity index (χ3v) is 6.42. The molecule has 1 aromatic rings. The van der Waals surface area contributed by atoms with Gasteiger partial charge >= 0.3 is 0 Å². The number of nitrogen functional groups attached to an aromatic ring is 1. The number of sulfonamides is 1. The minimum Gasteiger partial charge on any atom is -0.399 e. The molecule has 1 aromatic carbocycles. The molecule has 1 aliphatic heterocycles. The molecule has 0 amide bonds. The summed E-state index contributed by atoms with van der Waals surface area (Å²) >= 11 is 0. The van der Waals surface area contributed by atoms with Crippen LogP contribution in [0.1, 0.15) is 24.0 Å². The number of benzene rings is 1. The quantitative estimate of drug-likeness (QED) is 0.816. The molecule has 1 aliphatic carbocycles. The second-order valence-electron chi connectivity index (χ2n) is 6.13. The Morgan fingerprint density at radius 2 is 1.75 bits per heavy atom. The van der Waals surface area contributed by atoms with Crippen LogP contribution in [0.3, 0.4) is 0 Å². The first-order chi connectivity index (χ1) is 9.24. The summed E-state index contributed by atoms with van der Waals surface area (Å²) in [5, 5.41) is 10.3. The van der Waals surface area contributed by atoms with Crippen LogP contribution in [0.15, 0.2) is 17.0 Å². The molecular formula is C14H20N2O3S. The third kappa shape index (κ3) is 2.03. The molecule has 0 radical (unpaired) electrons. The summed E-state index contributed by atoms with van der Waals surface area (Å²) in [5.41, 5.74) is 6.81. The summed E-state index contributed by atoms with van der Waals surface area (Å²) in [6.45, 7) is 3.93. The van der Waals surface area contributed by atoms with Gasteiger partial charge in [0, 0.05) is 18.8 Å². The van der Waals surface area contributed by atoms with Gasteiger partial charge in [0.05, 0.1) is 10.5 Å². The van der Waals surface area contributed by atoms with Gasteiger partial charge in [0.25, 0.3) is 0 Å². The van der Waals surface area contributed by atoms with Crippen LogP contribution in [0, 0.1) is 19.8 Å². The Hall–Kier alpha value is -1.11. The van der Waals surface area contributed by atoms with Crippen LogP contribution in [0.5, 0.6) is 0 Å². The first-order valence-electron chi connectivity index (χ1n) is 6.83. The molecule has 1 saturated heterocycles. The summed E-state index contributed by atoms with van der Waals surface area (Å²) in [6, 6.07) is 3.35. The van der Waals surface area contributed by atoms with E-state index in [-0.39, 0.29) is 19.0 Å². The number of β-amino-alcohol motifs (C(OH)–C–C–N with tert-alkyl or cyclic N) is 1. The fraction of sp³-hybridized carbons (Fsp3) is 0.571. The maximum Gasteiger partial charge on any atom is 0.243 e. The monoisotopic (exact) mass is 296 g/mol. The lowest BCUT2D eigenvalue weighted by atomic mass is 9.91. The molecular weight excluding hydrogens is 276 g/mol. The standard InChI is InChI=1S/C14H20N2O3S/c1-9-5-12(15)6-10(2)13(9)20(18,19)16-7-14(17,8-16)11-3-4-11/h5-6,11,17H,3-4,7-8,15H2,1-2H3. The first-order valence-corrected chi connectivity index (χ1v) is 8.27. The molecule has 3 rings (SSSR count). The Balaban J connectivity index is 1.90. The van der Waals surface area contributed by atoms with Gasteiger partial charge in [-0.1, -0.05) is 0 Å². The average molecular weight is 296 g/mol. The normalized spacial score (nSPS) is 22.6. The third-order valence-electron chi connectivity index (χ3n) is 4.32. The Labute approximate surface area is 119 Å². The van der Waals surface area contributed by atoms with Crippen molar-refractivity contribution >= 4 is 15.7 Å². The molecule has 1 heterocycles. The molecule has 3 N–H and O–H groups in total. The van der Waals surface area contributed by atoms with E-state index in [9.17, 15) is 13.5 Å². The molecule has 20 heavy (non-hydrogen) atoms.